The number of aromatic nitrogens is 2. The van der Waals surface area contributed by atoms with E-state index in [4.69, 9.17) is 0 Å². The predicted octanol–water partition coefficient (Wildman–Crippen LogP) is 1.50. The van der Waals surface area contributed by atoms with Crippen molar-refractivity contribution >= 4 is 0 Å². The molecule has 1 N–H and O–H groups in total. The fourth-order valence-electron chi connectivity index (χ4n) is 1.13. The van der Waals surface area contributed by atoms with Crippen molar-refractivity contribution in [1.29, 1.82) is 0 Å². The molecule has 0 amide bonds. The van der Waals surface area contributed by atoms with Crippen LogP contribution in [0, 0.1) is 0 Å². The molecule has 0 saturated carbocycles. The van der Waals surface area contributed by atoms with Crippen LogP contribution < -0.4 is 5.56 Å². The zero-order valence-corrected chi connectivity index (χ0v) is 7.34. The fourth-order valence-corrected chi connectivity index (χ4v) is 1.13. The second kappa shape index (κ2) is 4.70. The zero-order chi connectivity index (χ0) is 8.81. The summed E-state index contributed by atoms with van der Waals surface area (Å²) in [6.07, 6.45) is 6.24. The van der Waals surface area contributed by atoms with Crippen LogP contribution in [0.2, 0.25) is 0 Å². The number of aryl methyl sites for hydroxylation is 1. The summed E-state index contributed by atoms with van der Waals surface area (Å²) in [5.41, 5.74) is 0.927. The van der Waals surface area contributed by atoms with Crippen molar-refractivity contribution in [2.75, 3.05) is 0 Å². The van der Waals surface area contributed by atoms with Crippen LogP contribution in [0.5, 0.6) is 0 Å². The first-order valence-electron chi connectivity index (χ1n) is 4.36. The highest BCUT2D eigenvalue weighted by Gasteiger charge is 1.93. The van der Waals surface area contributed by atoms with Crippen LogP contribution in [0.4, 0.5) is 0 Å². The van der Waals surface area contributed by atoms with Crippen molar-refractivity contribution in [3.8, 4) is 0 Å². The van der Waals surface area contributed by atoms with E-state index in [0.717, 1.165) is 18.4 Å². The number of hydrogen-bond donors (Lipinski definition) is 1. The maximum Gasteiger partial charge on any atom is 0.264 e. The summed E-state index contributed by atoms with van der Waals surface area (Å²) in [6, 6.07) is 1.61. The van der Waals surface area contributed by atoms with Gasteiger partial charge in [-0.3, -0.25) is 4.79 Å². The van der Waals surface area contributed by atoms with Gasteiger partial charge in [-0.15, -0.1) is 0 Å². The summed E-state index contributed by atoms with van der Waals surface area (Å²) in [5.74, 6) is 0. The molecule has 0 fully saturated rings. The van der Waals surface area contributed by atoms with Gasteiger partial charge in [-0.25, -0.2) is 5.10 Å². The van der Waals surface area contributed by atoms with Gasteiger partial charge >= 0.3 is 0 Å². The van der Waals surface area contributed by atoms with E-state index < -0.39 is 0 Å². The Morgan fingerprint density at radius 1 is 1.50 bits per heavy atom. The standard InChI is InChI=1S/C9H14N2O/c1-2-3-4-5-8-6-9(12)11-10-7-8/h6-7H,2-5H2,1H3,(H,11,12). The number of unbranched alkanes of at least 4 members (excludes halogenated alkanes) is 2. The van der Waals surface area contributed by atoms with Gasteiger partial charge in [-0.2, -0.15) is 5.10 Å². The van der Waals surface area contributed by atoms with Gasteiger partial charge in [0, 0.05) is 6.07 Å². The monoisotopic (exact) mass is 166 g/mol. The molecule has 1 aromatic heterocycles. The molecule has 0 radical (unpaired) electrons. The van der Waals surface area contributed by atoms with Crippen LogP contribution in [-0.4, -0.2) is 10.2 Å². The van der Waals surface area contributed by atoms with Gasteiger partial charge in [0.1, 0.15) is 0 Å². The predicted molar refractivity (Wildman–Crippen MR) is 48.1 cm³/mol. The number of hydrogen-bond acceptors (Lipinski definition) is 2. The van der Waals surface area contributed by atoms with Gasteiger partial charge in [0.15, 0.2) is 0 Å². The summed E-state index contributed by atoms with van der Waals surface area (Å²) < 4.78 is 0. The average Bonchev–Trinajstić information content (AvgIpc) is 2.05. The molecule has 66 valence electrons. The highest BCUT2D eigenvalue weighted by molar-refractivity contribution is 5.05. The lowest BCUT2D eigenvalue weighted by Crippen LogP contribution is -2.07. The summed E-state index contributed by atoms with van der Waals surface area (Å²) in [4.78, 5) is 10.8. The Kier molecular flexibility index (Phi) is 3.51. The van der Waals surface area contributed by atoms with Crippen LogP contribution >= 0.6 is 0 Å². The van der Waals surface area contributed by atoms with Crippen LogP contribution in [0.1, 0.15) is 31.7 Å². The van der Waals surface area contributed by atoms with Gasteiger partial charge in [0.25, 0.3) is 5.56 Å². The molecule has 0 aromatic carbocycles. The average molecular weight is 166 g/mol. The van der Waals surface area contributed by atoms with Crippen LogP contribution in [0.25, 0.3) is 0 Å². The molecular weight excluding hydrogens is 152 g/mol. The lowest BCUT2D eigenvalue weighted by Gasteiger charge is -1.97. The maximum absolute atomic E-state index is 10.8. The molecule has 0 bridgehead atoms. The van der Waals surface area contributed by atoms with Crippen molar-refractivity contribution in [3.63, 3.8) is 0 Å². The van der Waals surface area contributed by atoms with Crippen molar-refractivity contribution in [2.24, 2.45) is 0 Å². The number of nitrogens with zero attached hydrogens (tertiary/aromatic N) is 1. The Balaban J connectivity index is 2.47. The molecule has 0 unspecified atom stereocenters. The lowest BCUT2D eigenvalue weighted by molar-refractivity contribution is 0.713. The SMILES string of the molecule is CCCCCc1cn[nH]c(=O)c1. The Morgan fingerprint density at radius 3 is 3.00 bits per heavy atom. The molecule has 1 heterocycles. The van der Waals surface area contributed by atoms with E-state index in [-0.39, 0.29) is 5.56 Å². The van der Waals surface area contributed by atoms with Gasteiger partial charge in [-0.05, 0) is 18.4 Å². The molecule has 12 heavy (non-hydrogen) atoms. The topological polar surface area (TPSA) is 45.8 Å². The fraction of sp³-hybridized carbons (Fsp3) is 0.556. The van der Waals surface area contributed by atoms with Gasteiger partial charge in [0.05, 0.1) is 6.20 Å². The molecule has 0 aliphatic rings. The summed E-state index contributed by atoms with van der Waals surface area (Å²) in [5, 5.41) is 6.08. The summed E-state index contributed by atoms with van der Waals surface area (Å²) in [6.45, 7) is 2.16. The minimum Gasteiger partial charge on any atom is -0.268 e. The van der Waals surface area contributed by atoms with E-state index in [1.54, 1.807) is 12.3 Å². The van der Waals surface area contributed by atoms with Crippen molar-refractivity contribution in [1.82, 2.24) is 10.2 Å². The molecule has 3 nitrogen and oxygen atoms in total. The second-order valence-corrected chi connectivity index (χ2v) is 2.91. The van der Waals surface area contributed by atoms with E-state index in [1.807, 2.05) is 0 Å². The van der Waals surface area contributed by atoms with Crippen molar-refractivity contribution in [2.45, 2.75) is 32.6 Å². The Labute approximate surface area is 71.8 Å². The van der Waals surface area contributed by atoms with E-state index >= 15 is 0 Å². The number of rotatable bonds is 4. The smallest absolute Gasteiger partial charge is 0.264 e. The molecular formula is C9H14N2O. The van der Waals surface area contributed by atoms with Crippen LogP contribution in [0.3, 0.4) is 0 Å². The number of nitrogens with one attached hydrogen (secondary N) is 1. The summed E-state index contributed by atoms with van der Waals surface area (Å²) >= 11 is 0. The van der Waals surface area contributed by atoms with Crippen molar-refractivity contribution < 1.29 is 0 Å². The first-order valence-corrected chi connectivity index (χ1v) is 4.36. The second-order valence-electron chi connectivity index (χ2n) is 2.91. The van der Waals surface area contributed by atoms with Gasteiger partial charge < -0.3 is 0 Å². The molecule has 0 aliphatic carbocycles. The highest BCUT2D eigenvalue weighted by atomic mass is 16.1. The minimum absolute atomic E-state index is 0.107. The minimum atomic E-state index is -0.107. The first-order chi connectivity index (χ1) is 5.83. The zero-order valence-electron chi connectivity index (χ0n) is 7.34. The number of H-pyrrole nitrogens is 1. The molecule has 0 saturated heterocycles. The third kappa shape index (κ3) is 2.86. The quantitative estimate of drug-likeness (QED) is 0.689. The van der Waals surface area contributed by atoms with Gasteiger partial charge in [-0.1, -0.05) is 19.8 Å². The Hall–Kier alpha value is -1.12. The van der Waals surface area contributed by atoms with Crippen LogP contribution in [0.15, 0.2) is 17.1 Å². The molecule has 0 atom stereocenters. The molecule has 1 aromatic rings. The Bertz CT molecular complexity index is 280. The first kappa shape index (κ1) is 8.97. The van der Waals surface area contributed by atoms with Crippen LogP contribution in [-0.2, 0) is 6.42 Å². The van der Waals surface area contributed by atoms with E-state index in [2.05, 4.69) is 17.1 Å². The third-order valence-electron chi connectivity index (χ3n) is 1.79. The van der Waals surface area contributed by atoms with Crippen molar-refractivity contribution in [3.05, 3.63) is 28.2 Å². The maximum atomic E-state index is 10.8. The lowest BCUT2D eigenvalue weighted by atomic mass is 10.1. The molecule has 0 spiro atoms. The number of aromatic amines is 1. The Morgan fingerprint density at radius 2 is 2.33 bits per heavy atom. The molecule has 3 heteroatoms. The third-order valence-corrected chi connectivity index (χ3v) is 1.79. The highest BCUT2D eigenvalue weighted by Crippen LogP contribution is 2.01. The normalized spacial score (nSPS) is 10.1. The largest absolute Gasteiger partial charge is 0.268 e. The molecule has 1 rings (SSSR count). The van der Waals surface area contributed by atoms with E-state index in [1.165, 1.54) is 12.8 Å². The van der Waals surface area contributed by atoms with E-state index in [9.17, 15) is 4.79 Å². The van der Waals surface area contributed by atoms with Gasteiger partial charge in [0.2, 0.25) is 0 Å². The van der Waals surface area contributed by atoms with E-state index in [0.29, 0.717) is 0 Å². The summed E-state index contributed by atoms with van der Waals surface area (Å²) in [7, 11) is 0. The molecule has 0 aliphatic heterocycles.